The number of aromatic nitrogens is 3. The molecule has 1 atom stereocenters. The Morgan fingerprint density at radius 1 is 1.00 bits per heavy atom. The standard InChI is InChI=1S/C32H33N5O9S/c1-5-6-20-15-22(10-13-24(20)46-27(28(33)38)21-9-14-25-26(16-21)45-17-44-25)30(39)37(32-34-29(35-36-32)31(40)43-4)47(41,42)23-11-7-19(8-12-23)18(2)3/h7-16,18,27H,5-6,17H2,1-4H3,(H2,33,38)(H,34,35,36). The highest BCUT2D eigenvalue weighted by atomic mass is 32.2. The number of anilines is 1. The fraction of sp³-hybridized carbons (Fsp3) is 0.281. The van der Waals surface area contributed by atoms with Crippen LogP contribution in [0.3, 0.4) is 0 Å². The van der Waals surface area contributed by atoms with Crippen molar-refractivity contribution in [3.63, 3.8) is 0 Å². The molecular formula is C32H33N5O9S. The van der Waals surface area contributed by atoms with Crippen LogP contribution in [0.1, 0.15) is 76.9 Å². The molecule has 14 nitrogen and oxygen atoms in total. The fourth-order valence-corrected chi connectivity index (χ4v) is 6.18. The summed E-state index contributed by atoms with van der Waals surface area (Å²) in [6.45, 7) is 5.87. The lowest BCUT2D eigenvalue weighted by Gasteiger charge is -2.22. The van der Waals surface area contributed by atoms with Crippen LogP contribution in [0.4, 0.5) is 5.95 Å². The van der Waals surface area contributed by atoms with Gasteiger partial charge in [-0.2, -0.15) is 9.29 Å². The first-order valence-corrected chi connectivity index (χ1v) is 16.1. The van der Waals surface area contributed by atoms with Crippen LogP contribution in [0.5, 0.6) is 17.2 Å². The minimum Gasteiger partial charge on any atom is -0.476 e. The van der Waals surface area contributed by atoms with Crippen LogP contribution in [0, 0.1) is 0 Å². The zero-order chi connectivity index (χ0) is 33.9. The number of carbonyl (C=O) groups is 3. The number of aryl methyl sites for hydroxylation is 1. The predicted molar refractivity (Wildman–Crippen MR) is 168 cm³/mol. The van der Waals surface area contributed by atoms with E-state index in [1.165, 1.54) is 30.3 Å². The van der Waals surface area contributed by atoms with E-state index in [1.807, 2.05) is 20.8 Å². The maximum absolute atomic E-state index is 14.1. The molecular weight excluding hydrogens is 630 g/mol. The van der Waals surface area contributed by atoms with Crippen molar-refractivity contribution in [3.05, 3.63) is 88.7 Å². The van der Waals surface area contributed by atoms with Gasteiger partial charge < -0.3 is 24.7 Å². The number of hydrogen-bond donors (Lipinski definition) is 2. The summed E-state index contributed by atoms with van der Waals surface area (Å²) in [5.74, 6) is -2.31. The van der Waals surface area contributed by atoms with Gasteiger partial charge in [0.15, 0.2) is 11.5 Å². The molecule has 0 saturated heterocycles. The second kappa shape index (κ2) is 13.5. The minimum atomic E-state index is -4.60. The summed E-state index contributed by atoms with van der Waals surface area (Å²) >= 11 is 0. The molecule has 0 aliphatic carbocycles. The monoisotopic (exact) mass is 663 g/mol. The molecule has 0 bridgehead atoms. The number of esters is 1. The van der Waals surface area contributed by atoms with Crippen LogP contribution in [-0.2, 0) is 26.0 Å². The Morgan fingerprint density at radius 3 is 2.36 bits per heavy atom. The van der Waals surface area contributed by atoms with Crippen LogP contribution in [0.25, 0.3) is 0 Å². The van der Waals surface area contributed by atoms with Crippen LogP contribution in [0.2, 0.25) is 0 Å². The van der Waals surface area contributed by atoms with E-state index in [-0.39, 0.29) is 28.9 Å². The number of carbonyl (C=O) groups excluding carboxylic acids is 3. The molecule has 1 aromatic heterocycles. The number of H-pyrrole nitrogens is 1. The molecule has 2 heterocycles. The van der Waals surface area contributed by atoms with E-state index in [1.54, 1.807) is 30.3 Å². The van der Waals surface area contributed by atoms with Crippen molar-refractivity contribution in [2.45, 2.75) is 50.5 Å². The average molecular weight is 664 g/mol. The van der Waals surface area contributed by atoms with Gasteiger partial charge in [-0.15, -0.1) is 5.10 Å². The molecule has 0 saturated carbocycles. The number of nitrogens with zero attached hydrogens (tertiary/aromatic N) is 3. The van der Waals surface area contributed by atoms with Gasteiger partial charge in [0, 0.05) is 11.1 Å². The van der Waals surface area contributed by atoms with Crippen molar-refractivity contribution in [2.75, 3.05) is 18.2 Å². The molecule has 1 aliphatic rings. The second-order valence-corrected chi connectivity index (χ2v) is 12.6. The highest BCUT2D eigenvalue weighted by molar-refractivity contribution is 7.93. The number of hydrogen-bond acceptors (Lipinski definition) is 11. The molecule has 0 radical (unpaired) electrons. The first-order chi connectivity index (χ1) is 22.4. The molecule has 15 heteroatoms. The van der Waals surface area contributed by atoms with Crippen molar-refractivity contribution in [1.29, 1.82) is 0 Å². The van der Waals surface area contributed by atoms with E-state index in [9.17, 15) is 22.8 Å². The first-order valence-electron chi connectivity index (χ1n) is 14.6. The van der Waals surface area contributed by atoms with E-state index >= 15 is 0 Å². The fourth-order valence-electron chi connectivity index (χ4n) is 4.87. The molecule has 4 aromatic rings. The van der Waals surface area contributed by atoms with Gasteiger partial charge in [0.2, 0.25) is 18.7 Å². The predicted octanol–water partition coefficient (Wildman–Crippen LogP) is 4.04. The molecule has 0 spiro atoms. The SMILES string of the molecule is CCCc1cc(C(=O)N(c2n[nH]c(C(=O)OC)n2)S(=O)(=O)c2ccc(C(C)C)cc2)ccc1OC(C(N)=O)c1ccc2c(c1)OCO2. The van der Waals surface area contributed by atoms with E-state index in [0.717, 1.165) is 12.7 Å². The van der Waals surface area contributed by atoms with E-state index < -0.39 is 45.7 Å². The summed E-state index contributed by atoms with van der Waals surface area (Å²) in [4.78, 5) is 42.5. The summed E-state index contributed by atoms with van der Waals surface area (Å²) < 4.78 is 50.0. The third kappa shape index (κ3) is 6.74. The molecule has 1 aliphatic heterocycles. The highest BCUT2D eigenvalue weighted by Crippen LogP contribution is 2.36. The number of rotatable bonds is 12. The third-order valence-corrected chi connectivity index (χ3v) is 9.01. The zero-order valence-corrected chi connectivity index (χ0v) is 26.9. The Bertz CT molecular complexity index is 1920. The summed E-state index contributed by atoms with van der Waals surface area (Å²) in [7, 11) is -3.48. The molecule has 2 amide bonds. The van der Waals surface area contributed by atoms with Crippen molar-refractivity contribution in [2.24, 2.45) is 5.73 Å². The van der Waals surface area contributed by atoms with E-state index in [0.29, 0.717) is 39.8 Å². The number of fused-ring (bicyclic) bond motifs is 1. The van der Waals surface area contributed by atoms with E-state index in [4.69, 9.17) is 19.9 Å². The molecule has 5 rings (SSSR count). The van der Waals surface area contributed by atoms with Gasteiger partial charge in [-0.25, -0.2) is 13.2 Å². The van der Waals surface area contributed by atoms with Crippen molar-refractivity contribution in [1.82, 2.24) is 15.2 Å². The summed E-state index contributed by atoms with van der Waals surface area (Å²) in [6, 6.07) is 15.2. The van der Waals surface area contributed by atoms with Gasteiger partial charge in [0.25, 0.3) is 27.8 Å². The minimum absolute atomic E-state index is 0.0464. The third-order valence-electron chi connectivity index (χ3n) is 7.33. The Balaban J connectivity index is 1.54. The van der Waals surface area contributed by atoms with Crippen LogP contribution < -0.4 is 24.2 Å². The number of primary amides is 1. The average Bonchev–Trinajstić information content (AvgIpc) is 3.73. The van der Waals surface area contributed by atoms with Crippen LogP contribution in [0.15, 0.2) is 65.6 Å². The van der Waals surface area contributed by atoms with Gasteiger partial charge >= 0.3 is 5.97 Å². The zero-order valence-electron chi connectivity index (χ0n) is 26.1. The van der Waals surface area contributed by atoms with E-state index in [2.05, 4.69) is 19.9 Å². The summed E-state index contributed by atoms with van der Waals surface area (Å²) in [6.07, 6.45) is -0.190. The molecule has 3 N–H and O–H groups in total. The Kier molecular flexibility index (Phi) is 9.46. The molecule has 47 heavy (non-hydrogen) atoms. The van der Waals surface area contributed by atoms with Gasteiger partial charge in [-0.05, 0) is 65.9 Å². The number of nitrogens with one attached hydrogen (secondary N) is 1. The van der Waals surface area contributed by atoms with Crippen LogP contribution >= 0.6 is 0 Å². The van der Waals surface area contributed by atoms with Gasteiger partial charge in [0.05, 0.1) is 12.0 Å². The number of amides is 2. The topological polar surface area (TPSA) is 193 Å². The lowest BCUT2D eigenvalue weighted by molar-refractivity contribution is -0.125. The molecule has 1 unspecified atom stereocenters. The number of ether oxygens (including phenoxy) is 4. The van der Waals surface area contributed by atoms with Crippen LogP contribution in [-0.4, -0.2) is 55.3 Å². The summed E-state index contributed by atoms with van der Waals surface area (Å²) in [5, 5.41) is 6.18. The lowest BCUT2D eigenvalue weighted by atomic mass is 10.0. The number of nitrogens with two attached hydrogens (primary N) is 1. The number of benzene rings is 3. The maximum Gasteiger partial charge on any atom is 0.375 e. The van der Waals surface area contributed by atoms with Gasteiger partial charge in [-0.3, -0.25) is 14.7 Å². The van der Waals surface area contributed by atoms with Gasteiger partial charge in [-0.1, -0.05) is 45.4 Å². The summed E-state index contributed by atoms with van der Waals surface area (Å²) in [5.41, 5.74) is 7.49. The largest absolute Gasteiger partial charge is 0.476 e. The second-order valence-electron chi connectivity index (χ2n) is 10.9. The number of aromatic amines is 1. The molecule has 3 aromatic carbocycles. The smallest absolute Gasteiger partial charge is 0.375 e. The first kappa shape index (κ1) is 32.9. The Morgan fingerprint density at radius 2 is 1.70 bits per heavy atom. The lowest BCUT2D eigenvalue weighted by Crippen LogP contribution is -2.38. The quantitative estimate of drug-likeness (QED) is 0.208. The van der Waals surface area contributed by atoms with Crippen molar-refractivity contribution in [3.8, 4) is 17.2 Å². The maximum atomic E-state index is 14.1. The molecule has 0 fully saturated rings. The molecule has 246 valence electrons. The Labute approximate surface area is 270 Å². The number of methoxy groups -OCH3 is 1. The van der Waals surface area contributed by atoms with Gasteiger partial charge in [0.1, 0.15) is 5.75 Å². The normalized spacial score (nSPS) is 12.9. The number of sulfonamides is 1. The highest BCUT2D eigenvalue weighted by Gasteiger charge is 2.36. The Hall–Kier alpha value is -5.44. The van der Waals surface area contributed by atoms with Crippen molar-refractivity contribution < 1.29 is 41.7 Å². The van der Waals surface area contributed by atoms with Crippen molar-refractivity contribution >= 4 is 33.8 Å².